The van der Waals surface area contributed by atoms with Gasteiger partial charge in [0.05, 0.1) is 11.6 Å². The lowest BCUT2D eigenvalue weighted by atomic mass is 10.2. The number of carbonyl (C=O) groups is 1. The van der Waals surface area contributed by atoms with Gasteiger partial charge in [-0.1, -0.05) is 13.8 Å². The van der Waals surface area contributed by atoms with Gasteiger partial charge in [-0.2, -0.15) is 17.0 Å². The predicted octanol–water partition coefficient (Wildman–Crippen LogP) is 2.55. The van der Waals surface area contributed by atoms with Crippen LogP contribution in [0.5, 0.6) is 0 Å². The van der Waals surface area contributed by atoms with E-state index in [1.165, 1.54) is 11.3 Å². The molecule has 0 saturated carbocycles. The van der Waals surface area contributed by atoms with Crippen molar-refractivity contribution in [3.8, 4) is 6.07 Å². The van der Waals surface area contributed by atoms with Crippen LogP contribution in [0.1, 0.15) is 25.8 Å². The molecule has 6 heteroatoms. The van der Waals surface area contributed by atoms with E-state index in [0.717, 1.165) is 31.1 Å². The Balaban J connectivity index is 1.76. The molecule has 0 aromatic carbocycles. The zero-order valence-corrected chi connectivity index (χ0v) is 13.9. The smallest absolute Gasteiger partial charge is 0.245 e. The molecular formula is C15H19N3OS2. The summed E-state index contributed by atoms with van der Waals surface area (Å²) < 4.78 is 0. The van der Waals surface area contributed by atoms with Crippen molar-refractivity contribution in [1.82, 2.24) is 4.90 Å². The summed E-state index contributed by atoms with van der Waals surface area (Å²) in [5, 5.41) is 13.0. The van der Waals surface area contributed by atoms with Crippen molar-refractivity contribution in [3.05, 3.63) is 17.0 Å². The molecule has 1 amide bonds. The van der Waals surface area contributed by atoms with Gasteiger partial charge in [-0.3, -0.25) is 9.69 Å². The largest absolute Gasteiger partial charge is 0.301 e. The molecule has 0 spiro atoms. The summed E-state index contributed by atoms with van der Waals surface area (Å²) in [5.74, 6) is 0.167. The first kappa shape index (κ1) is 14.9. The van der Waals surface area contributed by atoms with E-state index >= 15 is 0 Å². The van der Waals surface area contributed by atoms with E-state index in [1.54, 1.807) is 6.07 Å². The quantitative estimate of drug-likeness (QED) is 0.840. The summed E-state index contributed by atoms with van der Waals surface area (Å²) in [7, 11) is 0. The van der Waals surface area contributed by atoms with Crippen LogP contribution in [0.3, 0.4) is 0 Å². The molecular weight excluding hydrogens is 302 g/mol. The van der Waals surface area contributed by atoms with Gasteiger partial charge in [0.1, 0.15) is 11.1 Å². The van der Waals surface area contributed by atoms with Gasteiger partial charge < -0.3 is 4.90 Å². The average Bonchev–Trinajstić information content (AvgIpc) is 3.03. The maximum atomic E-state index is 12.8. The SMILES string of the molecule is C[C@@H]1CN([C@@H]2CCN(c3sccc3C#N)C2=O)C[C@@H](C)S1. The van der Waals surface area contributed by atoms with Crippen molar-refractivity contribution in [3.63, 3.8) is 0 Å². The lowest BCUT2D eigenvalue weighted by Gasteiger charge is -2.37. The van der Waals surface area contributed by atoms with Crippen LogP contribution in [0.4, 0.5) is 5.00 Å². The van der Waals surface area contributed by atoms with Crippen molar-refractivity contribution >= 4 is 34.0 Å². The number of amides is 1. The Labute approximate surface area is 133 Å². The summed E-state index contributed by atoms with van der Waals surface area (Å²) in [6.07, 6.45) is 0.867. The van der Waals surface area contributed by atoms with E-state index in [1.807, 2.05) is 22.0 Å². The third kappa shape index (κ3) is 2.83. The second-order valence-electron chi connectivity index (χ2n) is 5.76. The first-order valence-electron chi connectivity index (χ1n) is 7.28. The van der Waals surface area contributed by atoms with Crippen LogP contribution < -0.4 is 4.90 Å². The minimum absolute atomic E-state index is 0.00978. The molecule has 0 bridgehead atoms. The van der Waals surface area contributed by atoms with E-state index in [9.17, 15) is 4.79 Å². The molecule has 3 rings (SSSR count). The van der Waals surface area contributed by atoms with Gasteiger partial charge in [0, 0.05) is 30.1 Å². The fourth-order valence-corrected chi connectivity index (χ4v) is 5.50. The first-order chi connectivity index (χ1) is 10.1. The molecule has 2 aliphatic rings. The minimum Gasteiger partial charge on any atom is -0.301 e. The second kappa shape index (κ2) is 5.99. The highest BCUT2D eigenvalue weighted by Gasteiger charge is 2.40. The number of hydrogen-bond donors (Lipinski definition) is 0. The van der Waals surface area contributed by atoms with E-state index < -0.39 is 0 Å². The first-order valence-corrected chi connectivity index (χ1v) is 9.11. The summed E-state index contributed by atoms with van der Waals surface area (Å²) in [4.78, 5) is 16.9. The average molecular weight is 321 g/mol. The minimum atomic E-state index is -0.00978. The number of nitrogens with zero attached hydrogens (tertiary/aromatic N) is 3. The molecule has 21 heavy (non-hydrogen) atoms. The third-order valence-corrected chi connectivity index (χ3v) is 6.24. The van der Waals surface area contributed by atoms with Gasteiger partial charge in [0.15, 0.2) is 0 Å². The Morgan fingerprint density at radius 1 is 1.33 bits per heavy atom. The highest BCUT2D eigenvalue weighted by Crippen LogP contribution is 2.34. The normalized spacial score (nSPS) is 30.6. The summed E-state index contributed by atoms with van der Waals surface area (Å²) in [6, 6.07) is 3.97. The summed E-state index contributed by atoms with van der Waals surface area (Å²) >= 11 is 3.49. The van der Waals surface area contributed by atoms with Crippen LogP contribution in [-0.2, 0) is 4.79 Å². The Morgan fingerprint density at radius 2 is 2.05 bits per heavy atom. The lowest BCUT2D eigenvalue weighted by molar-refractivity contribution is -0.121. The van der Waals surface area contributed by atoms with Crippen LogP contribution >= 0.6 is 23.1 Å². The van der Waals surface area contributed by atoms with Gasteiger partial charge in [0.25, 0.3) is 0 Å². The molecule has 3 heterocycles. The predicted molar refractivity (Wildman–Crippen MR) is 87.9 cm³/mol. The van der Waals surface area contributed by atoms with Crippen LogP contribution in [0, 0.1) is 11.3 Å². The second-order valence-corrected chi connectivity index (χ2v) is 8.53. The standard InChI is InChI=1S/C15H19N3OS2/c1-10-8-17(9-11(2)21-10)13-3-5-18(14(13)19)15-12(7-16)4-6-20-15/h4,6,10-11,13H,3,5,8-9H2,1-2H3/t10-,11-,13-/m1/s1. The zero-order chi connectivity index (χ0) is 15.0. The van der Waals surface area contributed by atoms with Gasteiger partial charge in [-0.25, -0.2) is 0 Å². The maximum Gasteiger partial charge on any atom is 0.245 e. The Hall–Kier alpha value is -1.03. The van der Waals surface area contributed by atoms with Crippen LogP contribution in [0.25, 0.3) is 0 Å². The molecule has 0 N–H and O–H groups in total. The molecule has 0 unspecified atom stereocenters. The molecule has 2 saturated heterocycles. The molecule has 1 aromatic heterocycles. The topological polar surface area (TPSA) is 47.3 Å². The molecule has 2 fully saturated rings. The summed E-state index contributed by atoms with van der Waals surface area (Å²) in [5.41, 5.74) is 0.616. The Morgan fingerprint density at radius 3 is 2.71 bits per heavy atom. The van der Waals surface area contributed by atoms with Crippen LogP contribution in [0.2, 0.25) is 0 Å². The lowest BCUT2D eigenvalue weighted by Crippen LogP contribution is -2.49. The van der Waals surface area contributed by atoms with Crippen molar-refractivity contribution in [1.29, 1.82) is 5.26 Å². The van der Waals surface area contributed by atoms with E-state index in [2.05, 4.69) is 24.8 Å². The van der Waals surface area contributed by atoms with Crippen LogP contribution in [-0.4, -0.2) is 47.0 Å². The number of carbonyl (C=O) groups excluding carboxylic acids is 1. The number of thioether (sulfide) groups is 1. The monoisotopic (exact) mass is 321 g/mol. The van der Waals surface area contributed by atoms with Gasteiger partial charge >= 0.3 is 0 Å². The van der Waals surface area contributed by atoms with Crippen molar-refractivity contribution in [2.75, 3.05) is 24.5 Å². The fraction of sp³-hybridized carbons (Fsp3) is 0.600. The van der Waals surface area contributed by atoms with Crippen molar-refractivity contribution in [2.45, 2.75) is 36.8 Å². The fourth-order valence-electron chi connectivity index (χ4n) is 3.27. The molecule has 4 nitrogen and oxygen atoms in total. The van der Waals surface area contributed by atoms with E-state index in [4.69, 9.17) is 5.26 Å². The Kier molecular flexibility index (Phi) is 4.25. The molecule has 0 aliphatic carbocycles. The van der Waals surface area contributed by atoms with Gasteiger partial charge in [0.2, 0.25) is 5.91 Å². The number of nitriles is 1. The van der Waals surface area contributed by atoms with Crippen LogP contribution in [0.15, 0.2) is 11.4 Å². The third-order valence-electron chi connectivity index (χ3n) is 4.08. The summed E-state index contributed by atoms with van der Waals surface area (Å²) in [6.45, 7) is 7.16. The molecule has 3 atom stereocenters. The highest BCUT2D eigenvalue weighted by molar-refractivity contribution is 8.00. The van der Waals surface area contributed by atoms with E-state index in [-0.39, 0.29) is 11.9 Å². The number of anilines is 1. The van der Waals surface area contributed by atoms with Gasteiger partial charge in [-0.15, -0.1) is 11.3 Å². The number of hydrogen-bond acceptors (Lipinski definition) is 5. The number of thiophene rings is 1. The van der Waals surface area contributed by atoms with Gasteiger partial charge in [-0.05, 0) is 17.9 Å². The zero-order valence-electron chi connectivity index (χ0n) is 12.3. The van der Waals surface area contributed by atoms with E-state index in [0.29, 0.717) is 16.1 Å². The van der Waals surface area contributed by atoms with Crippen molar-refractivity contribution in [2.24, 2.45) is 0 Å². The molecule has 112 valence electrons. The van der Waals surface area contributed by atoms with Crippen molar-refractivity contribution < 1.29 is 4.79 Å². The molecule has 0 radical (unpaired) electrons. The molecule has 2 aliphatic heterocycles. The Bertz CT molecular complexity index is 570. The number of rotatable bonds is 2. The highest BCUT2D eigenvalue weighted by atomic mass is 32.2. The maximum absolute atomic E-state index is 12.8. The molecule has 1 aromatic rings.